The van der Waals surface area contributed by atoms with Crippen molar-refractivity contribution < 1.29 is 4.42 Å². The second-order valence-corrected chi connectivity index (χ2v) is 5.68. The van der Waals surface area contributed by atoms with Gasteiger partial charge in [0, 0.05) is 12.3 Å². The van der Waals surface area contributed by atoms with Gasteiger partial charge in [-0.3, -0.25) is 4.98 Å². The van der Waals surface area contributed by atoms with Crippen LogP contribution in [0.15, 0.2) is 34.9 Å². The number of nitrogens with zero attached hydrogens (tertiary/aromatic N) is 1. The Kier molecular flexibility index (Phi) is 2.66. The van der Waals surface area contributed by atoms with E-state index in [4.69, 9.17) is 4.42 Å². The summed E-state index contributed by atoms with van der Waals surface area (Å²) in [7, 11) is 0. The zero-order valence-corrected chi connectivity index (χ0v) is 10.9. The van der Waals surface area contributed by atoms with Gasteiger partial charge in [0.25, 0.3) is 0 Å². The summed E-state index contributed by atoms with van der Waals surface area (Å²) in [5.41, 5.74) is 3.22. The molecule has 2 aromatic heterocycles. The molecular weight excluding hydrogens is 236 g/mol. The number of aromatic nitrogens is 1. The minimum absolute atomic E-state index is 0.773. The van der Waals surface area contributed by atoms with Crippen LogP contribution < -0.4 is 5.32 Å². The molecule has 0 saturated carbocycles. The van der Waals surface area contributed by atoms with Crippen molar-refractivity contribution >= 4 is 16.7 Å². The van der Waals surface area contributed by atoms with Crippen LogP contribution >= 0.6 is 0 Å². The molecule has 1 aliphatic heterocycles. The molecule has 0 unspecified atom stereocenters. The minimum atomic E-state index is 0.773. The smallest absolute Gasteiger partial charge is 0.153 e. The van der Waals surface area contributed by atoms with Gasteiger partial charge in [0.2, 0.25) is 0 Å². The second-order valence-electron chi connectivity index (χ2n) is 5.68. The lowest BCUT2D eigenvalue weighted by atomic mass is 9.75. The van der Waals surface area contributed by atoms with Crippen LogP contribution in [0.25, 0.3) is 16.7 Å². The highest BCUT2D eigenvalue weighted by Gasteiger charge is 2.29. The van der Waals surface area contributed by atoms with Crippen LogP contribution in [-0.4, -0.2) is 18.1 Å². The molecule has 0 radical (unpaired) electrons. The van der Waals surface area contributed by atoms with Crippen LogP contribution in [0.2, 0.25) is 0 Å². The van der Waals surface area contributed by atoms with Crippen LogP contribution in [0.3, 0.4) is 0 Å². The van der Waals surface area contributed by atoms with Gasteiger partial charge >= 0.3 is 0 Å². The van der Waals surface area contributed by atoms with Crippen molar-refractivity contribution in [1.82, 2.24) is 10.3 Å². The normalized spacial score (nSPS) is 27.1. The first-order valence-electron chi connectivity index (χ1n) is 7.15. The van der Waals surface area contributed by atoms with Gasteiger partial charge in [-0.25, -0.2) is 0 Å². The fraction of sp³-hybridized carbons (Fsp3) is 0.438. The largest absolute Gasteiger partial charge is 0.455 e. The number of rotatable bonds is 1. The topological polar surface area (TPSA) is 38.1 Å². The number of piperidine rings is 1. The van der Waals surface area contributed by atoms with Crippen LogP contribution in [-0.2, 0) is 0 Å². The van der Waals surface area contributed by atoms with Crippen molar-refractivity contribution in [2.45, 2.75) is 19.3 Å². The maximum absolute atomic E-state index is 5.94. The Bertz CT molecular complexity index is 595. The number of furan rings is 1. The summed E-state index contributed by atoms with van der Waals surface area (Å²) in [6.07, 6.45) is 7.85. The van der Waals surface area contributed by atoms with Gasteiger partial charge in [-0.05, 0) is 61.9 Å². The van der Waals surface area contributed by atoms with E-state index >= 15 is 0 Å². The molecule has 3 heteroatoms. The van der Waals surface area contributed by atoms with Crippen molar-refractivity contribution in [2.24, 2.45) is 11.8 Å². The molecule has 3 heterocycles. The third-order valence-corrected chi connectivity index (χ3v) is 4.52. The lowest BCUT2D eigenvalue weighted by molar-refractivity contribution is 0.251. The van der Waals surface area contributed by atoms with Crippen molar-refractivity contribution in [2.75, 3.05) is 13.1 Å². The molecule has 1 saturated heterocycles. The average molecular weight is 254 g/mol. The molecule has 0 bridgehead atoms. The summed E-state index contributed by atoms with van der Waals surface area (Å²) < 4.78 is 5.94. The first kappa shape index (κ1) is 11.2. The summed E-state index contributed by atoms with van der Waals surface area (Å²) in [6, 6.07) is 5.99. The van der Waals surface area contributed by atoms with Gasteiger partial charge in [0.15, 0.2) is 5.58 Å². The van der Waals surface area contributed by atoms with Crippen molar-refractivity contribution in [1.29, 1.82) is 0 Å². The van der Waals surface area contributed by atoms with E-state index in [0.29, 0.717) is 0 Å². The highest BCUT2D eigenvalue weighted by Crippen LogP contribution is 2.38. The molecule has 1 fully saturated rings. The Morgan fingerprint density at radius 3 is 3.26 bits per heavy atom. The van der Waals surface area contributed by atoms with Crippen molar-refractivity contribution in [3.63, 3.8) is 0 Å². The zero-order chi connectivity index (χ0) is 12.7. The van der Waals surface area contributed by atoms with E-state index in [-0.39, 0.29) is 0 Å². The average Bonchev–Trinajstić information content (AvgIpc) is 2.90. The Morgan fingerprint density at radius 2 is 2.32 bits per heavy atom. The molecule has 2 atom stereocenters. The molecule has 19 heavy (non-hydrogen) atoms. The van der Waals surface area contributed by atoms with E-state index in [9.17, 15) is 0 Å². The Morgan fingerprint density at radius 1 is 1.32 bits per heavy atom. The lowest BCUT2D eigenvalue weighted by Crippen LogP contribution is -2.37. The van der Waals surface area contributed by atoms with E-state index in [0.717, 1.165) is 41.7 Å². The van der Waals surface area contributed by atoms with Crippen LogP contribution in [0, 0.1) is 11.8 Å². The predicted molar refractivity (Wildman–Crippen MR) is 75.7 cm³/mol. The highest BCUT2D eigenvalue weighted by atomic mass is 16.3. The number of fused-ring (bicyclic) bond motifs is 2. The Hall–Kier alpha value is -1.61. The Labute approximate surface area is 112 Å². The molecule has 1 aliphatic carbocycles. The van der Waals surface area contributed by atoms with Gasteiger partial charge in [-0.1, -0.05) is 6.08 Å². The van der Waals surface area contributed by atoms with E-state index in [1.165, 1.54) is 25.0 Å². The third kappa shape index (κ3) is 1.98. The maximum Gasteiger partial charge on any atom is 0.153 e. The highest BCUT2D eigenvalue weighted by molar-refractivity contribution is 5.78. The van der Waals surface area contributed by atoms with E-state index < -0.39 is 0 Å². The van der Waals surface area contributed by atoms with Gasteiger partial charge < -0.3 is 9.73 Å². The number of allylic oxidation sites excluding steroid dienone is 2. The summed E-state index contributed by atoms with van der Waals surface area (Å²) in [4.78, 5) is 4.34. The maximum atomic E-state index is 5.94. The van der Waals surface area contributed by atoms with Crippen molar-refractivity contribution in [3.8, 4) is 0 Å². The minimum Gasteiger partial charge on any atom is -0.455 e. The third-order valence-electron chi connectivity index (χ3n) is 4.52. The monoisotopic (exact) mass is 254 g/mol. The predicted octanol–water partition coefficient (Wildman–Crippen LogP) is 3.23. The number of hydrogen-bond acceptors (Lipinski definition) is 3. The van der Waals surface area contributed by atoms with Crippen LogP contribution in [0.1, 0.15) is 25.0 Å². The summed E-state index contributed by atoms with van der Waals surface area (Å²) in [5.74, 6) is 2.65. The first-order chi connectivity index (χ1) is 9.40. The molecule has 1 N–H and O–H groups in total. The fourth-order valence-electron chi connectivity index (χ4n) is 3.41. The van der Waals surface area contributed by atoms with E-state index in [2.05, 4.69) is 22.4 Å². The standard InChI is InChI=1S/C16H18N2O/c1-2-15-14(18-6-1)9-16(19-15)12-4-3-11-5-7-17-10-13(11)8-12/h1-2,4,6,9,11,13,17H,3,5,7-8,10H2/t11-,13+/m1/s1. The number of nitrogens with one attached hydrogen (secondary N) is 1. The number of hydrogen-bond donors (Lipinski definition) is 1. The summed E-state index contributed by atoms with van der Waals surface area (Å²) in [5, 5.41) is 3.51. The van der Waals surface area contributed by atoms with Crippen LogP contribution in [0.4, 0.5) is 0 Å². The molecule has 0 amide bonds. The van der Waals surface area contributed by atoms with Crippen molar-refractivity contribution in [3.05, 3.63) is 36.2 Å². The molecule has 98 valence electrons. The summed E-state index contributed by atoms with van der Waals surface area (Å²) in [6.45, 7) is 2.33. The van der Waals surface area contributed by atoms with Gasteiger partial charge in [0.1, 0.15) is 11.3 Å². The molecule has 4 rings (SSSR count). The molecule has 2 aliphatic rings. The van der Waals surface area contributed by atoms with Gasteiger partial charge in [-0.2, -0.15) is 0 Å². The SMILES string of the molecule is C1=C(c2cc3ncccc3o2)C[C@H]2CNCC[C@H]2C1. The van der Waals surface area contributed by atoms with Crippen LogP contribution in [0.5, 0.6) is 0 Å². The first-order valence-corrected chi connectivity index (χ1v) is 7.15. The molecule has 0 aromatic carbocycles. The second kappa shape index (κ2) is 4.49. The van der Waals surface area contributed by atoms with E-state index in [1.807, 2.05) is 18.3 Å². The Balaban J connectivity index is 1.66. The lowest BCUT2D eigenvalue weighted by Gasteiger charge is -2.35. The molecular formula is C16H18N2O. The summed E-state index contributed by atoms with van der Waals surface area (Å²) >= 11 is 0. The van der Waals surface area contributed by atoms with Gasteiger partial charge in [-0.15, -0.1) is 0 Å². The molecule has 0 spiro atoms. The zero-order valence-electron chi connectivity index (χ0n) is 10.9. The van der Waals surface area contributed by atoms with E-state index in [1.54, 1.807) is 0 Å². The fourth-order valence-corrected chi connectivity index (χ4v) is 3.41. The number of pyridine rings is 1. The van der Waals surface area contributed by atoms with Gasteiger partial charge in [0.05, 0.1) is 0 Å². The molecule has 3 nitrogen and oxygen atoms in total. The quantitative estimate of drug-likeness (QED) is 0.849. The molecule has 2 aromatic rings.